The van der Waals surface area contributed by atoms with E-state index in [2.05, 4.69) is 68.7 Å². The molecular formula is C15H13O2Re. The molecule has 0 aromatic rings. The summed E-state index contributed by atoms with van der Waals surface area (Å²) < 4.78 is 15.0. The zero-order valence-electron chi connectivity index (χ0n) is 10.2. The van der Waals surface area contributed by atoms with Crippen LogP contribution in [0.2, 0.25) is 0 Å². The molecule has 2 aliphatic carbocycles. The minimum Gasteiger partial charge on any atom is -0.0762 e. The fourth-order valence-electron chi connectivity index (χ4n) is 1.07. The maximum Gasteiger partial charge on any atom is 0.0124 e. The van der Waals surface area contributed by atoms with Crippen LogP contribution >= 0.6 is 0 Å². The predicted molar refractivity (Wildman–Crippen MR) is 64.6 cm³/mol. The van der Waals surface area contributed by atoms with Crippen molar-refractivity contribution in [2.75, 3.05) is 0 Å². The van der Waals surface area contributed by atoms with Crippen LogP contribution in [0.5, 0.6) is 0 Å². The topological polar surface area (TPSA) is 39.8 Å². The van der Waals surface area contributed by atoms with Crippen LogP contribution in [0.3, 0.4) is 0 Å². The van der Waals surface area contributed by atoms with E-state index < -0.39 is 0 Å². The Morgan fingerprint density at radius 3 is 1.44 bits per heavy atom. The van der Waals surface area contributed by atoms with Gasteiger partial charge in [0.05, 0.1) is 0 Å². The first kappa shape index (κ1) is 22.4. The van der Waals surface area contributed by atoms with E-state index in [0.717, 1.165) is 0 Å². The van der Waals surface area contributed by atoms with Gasteiger partial charge in [-0.1, -0.05) is 24.3 Å². The summed E-state index contributed by atoms with van der Waals surface area (Å²) in [6.45, 7) is 12.6. The Bertz CT molecular complexity index is 299. The number of rotatable bonds is 0. The summed E-state index contributed by atoms with van der Waals surface area (Å²) in [5.41, 5.74) is 0. The Morgan fingerprint density at radius 1 is 0.833 bits per heavy atom. The first-order chi connectivity index (χ1) is 8.38. The molecule has 0 N–H and O–H groups in total. The van der Waals surface area contributed by atoms with Gasteiger partial charge in [0.15, 0.2) is 0 Å². The first-order valence-electron chi connectivity index (χ1n) is 4.73. The van der Waals surface area contributed by atoms with Crippen LogP contribution in [0.1, 0.15) is 13.8 Å². The molecule has 2 rings (SSSR count). The Labute approximate surface area is 124 Å². The maximum atomic E-state index is 7.50. The molecule has 0 amide bonds. The molecule has 0 atom stereocenters. The molecule has 92 valence electrons. The zero-order valence-corrected chi connectivity index (χ0v) is 13.0. The molecule has 6 radical (unpaired) electrons. The molecule has 2 nitrogen and oxygen atoms in total. The van der Waals surface area contributed by atoms with Gasteiger partial charge in [0.2, 0.25) is 0 Å². The standard InChI is InChI=1S/C9H7.C4H6.2CO.Re/c1-2-5-9-7-3-6-8(9)4-1;1-3-4-2;2*1-2;/h1-7H;1-2H3;;;. The summed E-state index contributed by atoms with van der Waals surface area (Å²) in [6, 6.07) is 0. The van der Waals surface area contributed by atoms with Crippen LogP contribution in [0, 0.1) is 56.2 Å². The molecular weight excluding hydrogens is 398 g/mol. The molecule has 0 bridgehead atoms. The largest absolute Gasteiger partial charge is 0.0762 e. The van der Waals surface area contributed by atoms with Crippen molar-refractivity contribution in [3.8, 4) is 11.8 Å². The molecule has 18 heavy (non-hydrogen) atoms. The average molecular weight is 411 g/mol. The van der Waals surface area contributed by atoms with Gasteiger partial charge in [-0.15, -0.1) is 11.8 Å². The fourth-order valence-corrected chi connectivity index (χ4v) is 1.07. The van der Waals surface area contributed by atoms with Gasteiger partial charge in [-0.3, -0.25) is 0 Å². The smallest absolute Gasteiger partial charge is 0.0124 e. The van der Waals surface area contributed by atoms with E-state index in [9.17, 15) is 0 Å². The SMILES string of the molecule is CC#CC.[C-]#[O+].[C-]#[O+].[CH]1[CH][C]2C=CC=C[C]2[CH]1.[Re]. The molecule has 1 saturated carbocycles. The van der Waals surface area contributed by atoms with Crippen LogP contribution < -0.4 is 0 Å². The monoisotopic (exact) mass is 412 g/mol. The molecule has 0 aromatic heterocycles. The van der Waals surface area contributed by atoms with E-state index in [1.165, 1.54) is 11.8 Å². The Balaban J connectivity index is -0.000000218. The third-order valence-electron chi connectivity index (χ3n) is 1.80. The van der Waals surface area contributed by atoms with Crippen LogP contribution in [0.15, 0.2) is 24.3 Å². The van der Waals surface area contributed by atoms with E-state index >= 15 is 0 Å². The van der Waals surface area contributed by atoms with E-state index in [1.54, 1.807) is 0 Å². The van der Waals surface area contributed by atoms with Crippen molar-refractivity contribution in [2.45, 2.75) is 13.8 Å². The van der Waals surface area contributed by atoms with Crippen molar-refractivity contribution in [2.24, 2.45) is 0 Å². The Hall–Kier alpha value is -0.818. The molecule has 2 aliphatic rings. The normalized spacial score (nSPS) is 14.6. The minimum absolute atomic E-state index is 0. The number of hydrogen-bond donors (Lipinski definition) is 0. The third kappa shape index (κ3) is 10.3. The summed E-state index contributed by atoms with van der Waals surface area (Å²) in [5.74, 6) is 8.02. The number of hydrogen-bond acceptors (Lipinski definition) is 0. The van der Waals surface area contributed by atoms with Crippen molar-refractivity contribution in [3.63, 3.8) is 0 Å². The molecule has 3 heteroatoms. The molecule has 0 saturated heterocycles. The minimum atomic E-state index is 0. The maximum absolute atomic E-state index is 7.50. The van der Waals surface area contributed by atoms with Gasteiger partial charge in [0, 0.05) is 32.3 Å². The van der Waals surface area contributed by atoms with Crippen LogP contribution in [-0.2, 0) is 29.7 Å². The van der Waals surface area contributed by atoms with Gasteiger partial charge < -0.3 is 0 Å². The molecule has 0 heterocycles. The van der Waals surface area contributed by atoms with Gasteiger partial charge in [-0.05, 0) is 33.1 Å². The predicted octanol–water partition coefficient (Wildman–Crippen LogP) is 2.84. The van der Waals surface area contributed by atoms with Crippen LogP contribution in [0.25, 0.3) is 0 Å². The van der Waals surface area contributed by atoms with Gasteiger partial charge in [-0.2, -0.15) is 0 Å². The van der Waals surface area contributed by atoms with Gasteiger partial charge in [0.25, 0.3) is 0 Å². The summed E-state index contributed by atoms with van der Waals surface area (Å²) in [5, 5.41) is 0. The molecule has 0 aliphatic heterocycles. The second kappa shape index (κ2) is 18.5. The van der Waals surface area contributed by atoms with Crippen molar-refractivity contribution >= 4 is 0 Å². The van der Waals surface area contributed by atoms with E-state index in [0.29, 0.717) is 0 Å². The molecule has 1 fully saturated rings. The first-order valence-corrected chi connectivity index (χ1v) is 4.73. The summed E-state index contributed by atoms with van der Waals surface area (Å²) >= 11 is 0. The Morgan fingerprint density at radius 2 is 1.17 bits per heavy atom. The summed E-state index contributed by atoms with van der Waals surface area (Å²) in [6.07, 6.45) is 14.7. The number of allylic oxidation sites excluding steroid dienone is 4. The Kier molecular flexibility index (Phi) is 23.0. The van der Waals surface area contributed by atoms with Crippen LogP contribution in [0.4, 0.5) is 0 Å². The molecule has 0 unspecified atom stereocenters. The zero-order chi connectivity index (χ0) is 13.5. The number of fused-ring (bicyclic) bond motifs is 1. The van der Waals surface area contributed by atoms with E-state index in [1.807, 2.05) is 13.8 Å². The van der Waals surface area contributed by atoms with Gasteiger partial charge in [-0.25, -0.2) is 0 Å². The van der Waals surface area contributed by atoms with Crippen molar-refractivity contribution < 1.29 is 29.7 Å². The fraction of sp³-hybridized carbons (Fsp3) is 0.133. The average Bonchev–Trinajstić information content (AvgIpc) is 2.92. The van der Waals surface area contributed by atoms with Gasteiger partial charge in [0.1, 0.15) is 0 Å². The summed E-state index contributed by atoms with van der Waals surface area (Å²) in [4.78, 5) is 0. The van der Waals surface area contributed by atoms with Crippen molar-refractivity contribution in [1.29, 1.82) is 0 Å². The molecule has 0 aromatic carbocycles. The second-order valence-electron chi connectivity index (χ2n) is 2.65. The van der Waals surface area contributed by atoms with Gasteiger partial charge >= 0.3 is 22.6 Å². The van der Waals surface area contributed by atoms with Crippen LogP contribution in [-0.4, -0.2) is 0 Å². The van der Waals surface area contributed by atoms with E-state index in [-0.39, 0.29) is 20.4 Å². The van der Waals surface area contributed by atoms with Crippen molar-refractivity contribution in [1.82, 2.24) is 0 Å². The third-order valence-corrected chi connectivity index (χ3v) is 1.80. The summed E-state index contributed by atoms with van der Waals surface area (Å²) in [7, 11) is 0. The quantitative estimate of drug-likeness (QED) is 0.334. The van der Waals surface area contributed by atoms with E-state index in [4.69, 9.17) is 9.30 Å². The molecule has 0 spiro atoms. The second-order valence-corrected chi connectivity index (χ2v) is 2.65. The van der Waals surface area contributed by atoms with Crippen molar-refractivity contribution in [3.05, 3.63) is 68.7 Å².